The fourth-order valence-corrected chi connectivity index (χ4v) is 3.97. The molecule has 0 bridgehead atoms. The number of rotatable bonds is 7. The molecule has 0 radical (unpaired) electrons. The highest BCUT2D eigenvalue weighted by Crippen LogP contribution is 2.27. The van der Waals surface area contributed by atoms with Crippen LogP contribution in [0.5, 0.6) is 5.75 Å². The van der Waals surface area contributed by atoms with Crippen LogP contribution < -0.4 is 14.8 Å². The number of halogens is 3. The van der Waals surface area contributed by atoms with E-state index in [-0.39, 0.29) is 27.4 Å². The first-order chi connectivity index (χ1) is 12.6. The van der Waals surface area contributed by atoms with Crippen molar-refractivity contribution in [3.8, 4) is 5.75 Å². The molecular formula is C17H17BrClFN2O4S. The van der Waals surface area contributed by atoms with Crippen molar-refractivity contribution in [2.75, 3.05) is 11.9 Å². The quantitative estimate of drug-likeness (QED) is 0.630. The minimum Gasteiger partial charge on any atom is -0.482 e. The molecule has 27 heavy (non-hydrogen) atoms. The van der Waals surface area contributed by atoms with E-state index in [4.69, 9.17) is 16.3 Å². The average Bonchev–Trinajstić information content (AvgIpc) is 2.55. The van der Waals surface area contributed by atoms with E-state index >= 15 is 0 Å². The summed E-state index contributed by atoms with van der Waals surface area (Å²) in [6, 6.07) is 7.84. The molecule has 0 aliphatic heterocycles. The smallest absolute Gasteiger partial charge is 0.262 e. The maximum atomic E-state index is 13.7. The van der Waals surface area contributed by atoms with Crippen molar-refractivity contribution in [1.29, 1.82) is 0 Å². The summed E-state index contributed by atoms with van der Waals surface area (Å²) in [6.45, 7) is 2.97. The van der Waals surface area contributed by atoms with Crippen LogP contribution in [0.3, 0.4) is 0 Å². The lowest BCUT2D eigenvalue weighted by atomic mass is 10.3. The van der Waals surface area contributed by atoms with Gasteiger partial charge in [0.15, 0.2) is 6.61 Å². The van der Waals surface area contributed by atoms with E-state index in [1.807, 2.05) is 0 Å². The number of carbonyl (C=O) groups excluding carboxylic acids is 1. The van der Waals surface area contributed by atoms with Crippen molar-refractivity contribution in [2.24, 2.45) is 0 Å². The number of anilines is 1. The molecule has 0 saturated heterocycles. The third-order valence-corrected chi connectivity index (χ3v) is 5.61. The van der Waals surface area contributed by atoms with Crippen LogP contribution >= 0.6 is 27.5 Å². The summed E-state index contributed by atoms with van der Waals surface area (Å²) in [4.78, 5) is 11.9. The first-order valence-electron chi connectivity index (χ1n) is 7.78. The Morgan fingerprint density at radius 3 is 2.56 bits per heavy atom. The van der Waals surface area contributed by atoms with E-state index in [2.05, 4.69) is 26.0 Å². The van der Waals surface area contributed by atoms with Crippen LogP contribution in [0.4, 0.5) is 10.1 Å². The average molecular weight is 480 g/mol. The Bertz CT molecular complexity index is 954. The second-order valence-electron chi connectivity index (χ2n) is 5.83. The van der Waals surface area contributed by atoms with E-state index in [0.717, 1.165) is 0 Å². The summed E-state index contributed by atoms with van der Waals surface area (Å²) < 4.78 is 46.2. The number of carbonyl (C=O) groups is 1. The van der Waals surface area contributed by atoms with Crippen LogP contribution in [0.25, 0.3) is 0 Å². The van der Waals surface area contributed by atoms with Crippen molar-refractivity contribution in [3.05, 3.63) is 51.7 Å². The number of hydrogen-bond donors (Lipinski definition) is 2. The molecule has 0 aromatic heterocycles. The molecule has 0 aliphatic rings. The normalized spacial score (nSPS) is 11.5. The summed E-state index contributed by atoms with van der Waals surface area (Å²) in [5.41, 5.74) is 0.0131. The zero-order valence-electron chi connectivity index (χ0n) is 14.4. The Balaban J connectivity index is 2.02. The van der Waals surface area contributed by atoms with Gasteiger partial charge in [-0.05, 0) is 50.2 Å². The number of ether oxygens (including phenoxy) is 1. The number of hydrogen-bond acceptors (Lipinski definition) is 4. The monoisotopic (exact) mass is 478 g/mol. The number of amides is 1. The van der Waals surface area contributed by atoms with Crippen LogP contribution in [0.2, 0.25) is 5.02 Å². The van der Waals surface area contributed by atoms with Gasteiger partial charge in [0.25, 0.3) is 5.91 Å². The van der Waals surface area contributed by atoms with Gasteiger partial charge in [-0.25, -0.2) is 17.5 Å². The van der Waals surface area contributed by atoms with E-state index < -0.39 is 28.4 Å². The molecule has 146 valence electrons. The van der Waals surface area contributed by atoms with Crippen LogP contribution in [-0.4, -0.2) is 27.0 Å². The predicted molar refractivity (Wildman–Crippen MR) is 105 cm³/mol. The highest BCUT2D eigenvalue weighted by molar-refractivity contribution is 9.10. The molecule has 2 aromatic rings. The molecule has 2 N–H and O–H groups in total. The highest BCUT2D eigenvalue weighted by Gasteiger charge is 2.17. The Kier molecular flexibility index (Phi) is 7.21. The lowest BCUT2D eigenvalue weighted by Crippen LogP contribution is -2.30. The van der Waals surface area contributed by atoms with Gasteiger partial charge in [0.1, 0.15) is 11.6 Å². The van der Waals surface area contributed by atoms with Gasteiger partial charge < -0.3 is 10.1 Å². The Labute approximate surface area is 170 Å². The molecule has 0 fully saturated rings. The molecule has 0 heterocycles. The summed E-state index contributed by atoms with van der Waals surface area (Å²) in [5, 5.41) is 2.41. The SMILES string of the molecule is CC(C)NS(=O)(=O)c1ccc(OCC(=O)Nc2ccc(Br)cc2F)c(Cl)c1. The van der Waals surface area contributed by atoms with Gasteiger partial charge in [0, 0.05) is 10.5 Å². The van der Waals surface area contributed by atoms with Gasteiger partial charge in [-0.3, -0.25) is 4.79 Å². The minimum atomic E-state index is -3.69. The minimum absolute atomic E-state index is 0.0131. The number of benzene rings is 2. The molecule has 0 unspecified atom stereocenters. The molecule has 0 spiro atoms. The molecule has 6 nitrogen and oxygen atoms in total. The lowest BCUT2D eigenvalue weighted by Gasteiger charge is -2.12. The maximum Gasteiger partial charge on any atom is 0.262 e. The summed E-state index contributed by atoms with van der Waals surface area (Å²) >= 11 is 9.17. The molecule has 0 atom stereocenters. The molecule has 2 rings (SSSR count). The zero-order chi connectivity index (χ0) is 20.2. The third kappa shape index (κ3) is 6.17. The van der Waals surface area contributed by atoms with Crippen LogP contribution in [0.15, 0.2) is 45.8 Å². The molecule has 2 aromatic carbocycles. The fourth-order valence-electron chi connectivity index (χ4n) is 2.06. The van der Waals surface area contributed by atoms with Crippen LogP contribution in [0.1, 0.15) is 13.8 Å². The molecule has 0 aliphatic carbocycles. The standard InChI is InChI=1S/C17H17BrClFN2O4S/c1-10(2)22-27(24,25)12-4-6-16(13(19)8-12)26-9-17(23)21-15-5-3-11(18)7-14(15)20/h3-8,10,22H,9H2,1-2H3,(H,21,23). The second kappa shape index (κ2) is 9.01. The van der Waals surface area contributed by atoms with Crippen molar-refractivity contribution < 1.29 is 22.3 Å². The summed E-state index contributed by atoms with van der Waals surface area (Å²) in [7, 11) is -3.69. The van der Waals surface area contributed by atoms with Crippen molar-refractivity contribution in [1.82, 2.24) is 4.72 Å². The van der Waals surface area contributed by atoms with Crippen molar-refractivity contribution >= 4 is 49.1 Å². The van der Waals surface area contributed by atoms with E-state index in [0.29, 0.717) is 4.47 Å². The molecule has 10 heteroatoms. The molecule has 0 saturated carbocycles. The van der Waals surface area contributed by atoms with E-state index in [1.165, 1.54) is 30.3 Å². The van der Waals surface area contributed by atoms with E-state index in [1.54, 1.807) is 19.9 Å². The molecular weight excluding hydrogens is 463 g/mol. The Morgan fingerprint density at radius 2 is 1.96 bits per heavy atom. The van der Waals surface area contributed by atoms with Gasteiger partial charge in [-0.2, -0.15) is 0 Å². The van der Waals surface area contributed by atoms with Gasteiger partial charge >= 0.3 is 0 Å². The topological polar surface area (TPSA) is 84.5 Å². The van der Waals surface area contributed by atoms with Gasteiger partial charge in [0.05, 0.1) is 15.6 Å². The third-order valence-electron chi connectivity index (χ3n) is 3.17. The summed E-state index contributed by atoms with van der Waals surface area (Å²) in [5.74, 6) is -1.06. The number of sulfonamides is 1. The predicted octanol–water partition coefficient (Wildman–Crippen LogP) is 3.95. The second-order valence-corrected chi connectivity index (χ2v) is 8.87. The Hall–Kier alpha value is -1.68. The first kappa shape index (κ1) is 21.6. The highest BCUT2D eigenvalue weighted by atomic mass is 79.9. The first-order valence-corrected chi connectivity index (χ1v) is 10.4. The number of nitrogens with one attached hydrogen (secondary N) is 2. The van der Waals surface area contributed by atoms with Crippen LogP contribution in [-0.2, 0) is 14.8 Å². The van der Waals surface area contributed by atoms with Crippen LogP contribution in [0, 0.1) is 5.82 Å². The van der Waals surface area contributed by atoms with E-state index in [9.17, 15) is 17.6 Å². The molecule has 1 amide bonds. The largest absolute Gasteiger partial charge is 0.482 e. The fraction of sp³-hybridized carbons (Fsp3) is 0.235. The van der Waals surface area contributed by atoms with Crippen molar-refractivity contribution in [2.45, 2.75) is 24.8 Å². The van der Waals surface area contributed by atoms with Gasteiger partial charge in [-0.15, -0.1) is 0 Å². The van der Waals surface area contributed by atoms with Gasteiger partial charge in [0.2, 0.25) is 10.0 Å². The zero-order valence-corrected chi connectivity index (χ0v) is 17.6. The van der Waals surface area contributed by atoms with Crippen molar-refractivity contribution in [3.63, 3.8) is 0 Å². The Morgan fingerprint density at radius 1 is 1.26 bits per heavy atom. The summed E-state index contributed by atoms with van der Waals surface area (Å²) in [6.07, 6.45) is 0. The van der Waals surface area contributed by atoms with Gasteiger partial charge in [-0.1, -0.05) is 27.5 Å². The lowest BCUT2D eigenvalue weighted by molar-refractivity contribution is -0.118. The maximum absolute atomic E-state index is 13.7.